The van der Waals surface area contributed by atoms with E-state index < -0.39 is 0 Å². The van der Waals surface area contributed by atoms with E-state index in [4.69, 9.17) is 23.2 Å². The van der Waals surface area contributed by atoms with E-state index in [9.17, 15) is 4.79 Å². The van der Waals surface area contributed by atoms with Gasteiger partial charge in [-0.2, -0.15) is 5.10 Å². The number of fused-ring (bicyclic) bond motifs is 1. The highest BCUT2D eigenvalue weighted by Gasteiger charge is 2.17. The van der Waals surface area contributed by atoms with E-state index in [1.807, 2.05) is 36.5 Å². The molecule has 0 unspecified atom stereocenters. The molecule has 23 heavy (non-hydrogen) atoms. The average molecular weight is 347 g/mol. The molecular formula is C16H12Cl2N4O. The van der Waals surface area contributed by atoms with Gasteiger partial charge in [0.1, 0.15) is 0 Å². The number of halogens is 2. The van der Waals surface area contributed by atoms with Gasteiger partial charge in [0.2, 0.25) is 0 Å². The van der Waals surface area contributed by atoms with Gasteiger partial charge in [0, 0.05) is 10.6 Å². The topological polar surface area (TPSA) is 69.8 Å². The van der Waals surface area contributed by atoms with Crippen LogP contribution in [-0.4, -0.2) is 16.1 Å². The number of nitrogens with one attached hydrogen (secondary N) is 3. The molecule has 0 bridgehead atoms. The van der Waals surface area contributed by atoms with E-state index in [0.29, 0.717) is 21.3 Å². The molecule has 1 heterocycles. The van der Waals surface area contributed by atoms with Crippen LogP contribution in [0.15, 0.2) is 42.5 Å². The number of benzene rings is 1. The quantitative estimate of drug-likeness (QED) is 0.733. The summed E-state index contributed by atoms with van der Waals surface area (Å²) in [5, 5.41) is 7.83. The second-order valence-electron chi connectivity index (χ2n) is 4.71. The minimum Gasteiger partial charge on any atom is -0.297 e. The van der Waals surface area contributed by atoms with Crippen LogP contribution in [0.5, 0.6) is 0 Å². The molecular weight excluding hydrogens is 335 g/mol. The number of aromatic nitrogens is 2. The smallest absolute Gasteiger partial charge is 0.290 e. The molecule has 1 aromatic heterocycles. The van der Waals surface area contributed by atoms with Crippen molar-refractivity contribution in [2.45, 2.75) is 0 Å². The molecule has 0 radical (unpaired) electrons. The number of rotatable bonds is 3. The first-order chi connectivity index (χ1) is 11.1. The molecule has 3 N–H and O–H groups in total. The van der Waals surface area contributed by atoms with Gasteiger partial charge in [-0.05, 0) is 24.3 Å². The Morgan fingerprint density at radius 3 is 2.65 bits per heavy atom. The third kappa shape index (κ3) is 3.47. The Hall–Kier alpha value is -2.50. The molecule has 0 fully saturated rings. The number of anilines is 1. The fraction of sp³-hybridized carbons (Fsp3) is 0. The molecule has 5 nitrogen and oxygen atoms in total. The van der Waals surface area contributed by atoms with Crippen molar-refractivity contribution < 1.29 is 4.79 Å². The van der Waals surface area contributed by atoms with E-state index >= 15 is 0 Å². The number of aromatic amines is 1. The zero-order valence-electron chi connectivity index (χ0n) is 11.8. The fourth-order valence-electron chi connectivity index (χ4n) is 2.04. The number of nitrogens with zero attached hydrogens (tertiary/aromatic N) is 1. The lowest BCUT2D eigenvalue weighted by atomic mass is 10.1. The minimum atomic E-state index is -0.379. The predicted molar refractivity (Wildman–Crippen MR) is 93.3 cm³/mol. The van der Waals surface area contributed by atoms with Gasteiger partial charge in [-0.25, -0.2) is 0 Å². The van der Waals surface area contributed by atoms with E-state index in [2.05, 4.69) is 21.0 Å². The Kier molecular flexibility index (Phi) is 4.50. The highest BCUT2D eigenvalue weighted by molar-refractivity contribution is 6.36. The maximum atomic E-state index is 12.3. The molecule has 1 aliphatic carbocycles. The highest BCUT2D eigenvalue weighted by atomic mass is 35.5. The van der Waals surface area contributed by atoms with Crippen LogP contribution in [0, 0.1) is 0 Å². The molecule has 1 amide bonds. The van der Waals surface area contributed by atoms with Crippen molar-refractivity contribution in [2.24, 2.45) is 0 Å². The number of hydrazine groups is 1. The molecule has 1 aliphatic rings. The third-order valence-electron chi connectivity index (χ3n) is 3.15. The molecule has 2 aromatic rings. The van der Waals surface area contributed by atoms with Crippen molar-refractivity contribution in [1.29, 1.82) is 0 Å². The Morgan fingerprint density at radius 1 is 1.09 bits per heavy atom. The monoisotopic (exact) mass is 346 g/mol. The molecule has 0 saturated carbocycles. The van der Waals surface area contributed by atoms with Gasteiger partial charge >= 0.3 is 0 Å². The van der Waals surface area contributed by atoms with Gasteiger partial charge in [-0.15, -0.1) is 0 Å². The summed E-state index contributed by atoms with van der Waals surface area (Å²) >= 11 is 11.9. The standard InChI is InChI=1S/C16H12Cl2N4O/c17-10-7-8-14(12(18)9-10)20-22-16(23)15-11-5-3-1-2-4-6-13(11)19-21-15/h1-9,20H,(H,19,21)(H,22,23). The summed E-state index contributed by atoms with van der Waals surface area (Å²) in [5.41, 5.74) is 7.64. The molecule has 0 aliphatic heterocycles. The normalized spacial score (nSPS) is 12.4. The molecule has 0 atom stereocenters. The SMILES string of the molecule is O=C(NNc1ccc(Cl)cc1Cl)c1n[nH]c2c1C=CC=CC=C2. The van der Waals surface area contributed by atoms with Gasteiger partial charge < -0.3 is 0 Å². The van der Waals surface area contributed by atoms with Crippen molar-refractivity contribution in [3.05, 3.63) is 69.5 Å². The zero-order valence-corrected chi connectivity index (χ0v) is 13.3. The zero-order chi connectivity index (χ0) is 16.2. The maximum Gasteiger partial charge on any atom is 0.290 e. The molecule has 116 valence electrons. The van der Waals surface area contributed by atoms with Crippen LogP contribution in [0.2, 0.25) is 10.0 Å². The number of hydrogen-bond acceptors (Lipinski definition) is 3. The lowest BCUT2D eigenvalue weighted by Gasteiger charge is -2.09. The van der Waals surface area contributed by atoms with Gasteiger partial charge in [0.15, 0.2) is 5.69 Å². The van der Waals surface area contributed by atoms with Crippen LogP contribution < -0.4 is 10.9 Å². The Labute approximate surface area is 142 Å². The maximum absolute atomic E-state index is 12.3. The largest absolute Gasteiger partial charge is 0.297 e. The molecule has 1 aromatic carbocycles. The summed E-state index contributed by atoms with van der Waals surface area (Å²) in [5.74, 6) is -0.379. The first-order valence-corrected chi connectivity index (χ1v) is 7.52. The van der Waals surface area contributed by atoms with Crippen LogP contribution >= 0.6 is 23.2 Å². The molecule has 3 rings (SSSR count). The second-order valence-corrected chi connectivity index (χ2v) is 5.55. The summed E-state index contributed by atoms with van der Waals surface area (Å²) in [4.78, 5) is 12.3. The summed E-state index contributed by atoms with van der Waals surface area (Å²) in [7, 11) is 0. The summed E-state index contributed by atoms with van der Waals surface area (Å²) in [6.45, 7) is 0. The van der Waals surface area contributed by atoms with Crippen molar-refractivity contribution in [1.82, 2.24) is 15.6 Å². The third-order valence-corrected chi connectivity index (χ3v) is 3.70. The number of allylic oxidation sites excluding steroid dienone is 4. The predicted octanol–water partition coefficient (Wildman–Crippen LogP) is 4.07. The molecule has 0 saturated heterocycles. The highest BCUT2D eigenvalue weighted by Crippen LogP contribution is 2.24. The van der Waals surface area contributed by atoms with Crippen molar-refractivity contribution in [2.75, 3.05) is 5.43 Å². The lowest BCUT2D eigenvalue weighted by Crippen LogP contribution is -2.30. The van der Waals surface area contributed by atoms with Gasteiger partial charge in [-0.1, -0.05) is 53.6 Å². The van der Waals surface area contributed by atoms with Crippen molar-refractivity contribution in [3.8, 4) is 0 Å². The fourth-order valence-corrected chi connectivity index (χ4v) is 2.49. The van der Waals surface area contributed by atoms with Crippen LogP contribution in [0.25, 0.3) is 12.2 Å². The Bertz CT molecular complexity index is 837. The van der Waals surface area contributed by atoms with E-state index in [1.165, 1.54) is 0 Å². The number of hydrogen-bond donors (Lipinski definition) is 3. The van der Waals surface area contributed by atoms with Crippen LogP contribution in [0.3, 0.4) is 0 Å². The van der Waals surface area contributed by atoms with Gasteiger partial charge in [-0.3, -0.25) is 20.7 Å². The van der Waals surface area contributed by atoms with Crippen LogP contribution in [-0.2, 0) is 0 Å². The second kappa shape index (κ2) is 6.73. The summed E-state index contributed by atoms with van der Waals surface area (Å²) < 4.78 is 0. The molecule has 7 heteroatoms. The van der Waals surface area contributed by atoms with Crippen LogP contribution in [0.4, 0.5) is 5.69 Å². The number of amides is 1. The number of carbonyl (C=O) groups excluding carboxylic acids is 1. The minimum absolute atomic E-state index is 0.286. The van der Waals surface area contributed by atoms with E-state index in [-0.39, 0.29) is 11.6 Å². The Morgan fingerprint density at radius 2 is 1.87 bits per heavy atom. The van der Waals surface area contributed by atoms with E-state index in [1.54, 1.807) is 18.2 Å². The average Bonchev–Trinajstić information content (AvgIpc) is 2.88. The van der Waals surface area contributed by atoms with Crippen molar-refractivity contribution >= 4 is 46.9 Å². The van der Waals surface area contributed by atoms with Gasteiger partial charge in [0.05, 0.1) is 16.4 Å². The summed E-state index contributed by atoms with van der Waals surface area (Å²) in [6, 6.07) is 4.93. The number of H-pyrrole nitrogens is 1. The van der Waals surface area contributed by atoms with Crippen LogP contribution in [0.1, 0.15) is 21.7 Å². The first kappa shape index (κ1) is 15.4. The summed E-state index contributed by atoms with van der Waals surface area (Å²) in [6.07, 6.45) is 11.2. The number of carbonyl (C=O) groups is 1. The van der Waals surface area contributed by atoms with Crippen molar-refractivity contribution in [3.63, 3.8) is 0 Å². The molecule has 0 spiro atoms. The Balaban J connectivity index is 1.77. The van der Waals surface area contributed by atoms with Gasteiger partial charge in [0.25, 0.3) is 5.91 Å². The lowest BCUT2D eigenvalue weighted by molar-refractivity contribution is 0.0957. The van der Waals surface area contributed by atoms with E-state index in [0.717, 1.165) is 5.69 Å². The first-order valence-electron chi connectivity index (χ1n) is 6.76.